The number of rotatable bonds is 4. The van der Waals surface area contributed by atoms with Crippen molar-refractivity contribution >= 4 is 22.8 Å². The van der Waals surface area contributed by atoms with Gasteiger partial charge < -0.3 is 5.32 Å². The molecular weight excluding hydrogens is 324 g/mol. The van der Waals surface area contributed by atoms with Gasteiger partial charge in [0.1, 0.15) is 5.82 Å². The lowest BCUT2D eigenvalue weighted by Gasteiger charge is -2.37. The van der Waals surface area contributed by atoms with E-state index in [9.17, 15) is 0 Å². The molecule has 0 aromatic carbocycles. The van der Waals surface area contributed by atoms with E-state index in [1.54, 1.807) is 11.3 Å². The van der Waals surface area contributed by atoms with Crippen molar-refractivity contribution in [1.82, 2.24) is 35.1 Å². The molecule has 3 aromatic rings. The highest BCUT2D eigenvalue weighted by atomic mass is 32.1. The third kappa shape index (κ3) is 3.22. The van der Waals surface area contributed by atoms with Gasteiger partial charge in [0.05, 0.1) is 5.01 Å². The molecule has 24 heavy (non-hydrogen) atoms. The van der Waals surface area contributed by atoms with Gasteiger partial charge in [-0.05, 0) is 41.8 Å². The van der Waals surface area contributed by atoms with Crippen LogP contribution >= 0.6 is 11.3 Å². The Balaban J connectivity index is 1.37. The zero-order chi connectivity index (χ0) is 16.5. The van der Waals surface area contributed by atoms with Gasteiger partial charge in [-0.25, -0.2) is 4.98 Å². The Morgan fingerprint density at radius 3 is 3.08 bits per heavy atom. The summed E-state index contributed by atoms with van der Waals surface area (Å²) in [6, 6.07) is 4.22. The first-order valence-electron chi connectivity index (χ1n) is 8.13. The van der Waals surface area contributed by atoms with Crippen LogP contribution in [0.15, 0.2) is 18.3 Å². The van der Waals surface area contributed by atoms with Crippen LogP contribution in [0.4, 0.5) is 5.82 Å². The van der Waals surface area contributed by atoms with Gasteiger partial charge in [-0.3, -0.25) is 4.90 Å². The van der Waals surface area contributed by atoms with Crippen LogP contribution in [0.25, 0.3) is 5.65 Å². The fraction of sp³-hybridized carbons (Fsp3) is 0.533. The Kier molecular flexibility index (Phi) is 4.11. The maximum absolute atomic E-state index is 4.40. The normalized spacial score (nSPS) is 22.1. The summed E-state index contributed by atoms with van der Waals surface area (Å²) in [5, 5.41) is 20.4. The molecule has 0 radical (unpaired) electrons. The molecule has 4 heterocycles. The molecule has 1 aliphatic rings. The van der Waals surface area contributed by atoms with E-state index in [0.29, 0.717) is 17.6 Å². The number of tetrazole rings is 1. The Morgan fingerprint density at radius 1 is 1.38 bits per heavy atom. The van der Waals surface area contributed by atoms with E-state index in [1.165, 1.54) is 9.51 Å². The monoisotopic (exact) mass is 344 g/mol. The maximum atomic E-state index is 4.40. The summed E-state index contributed by atoms with van der Waals surface area (Å²) in [5.41, 5.74) is 0.656. The second kappa shape index (κ2) is 6.40. The van der Waals surface area contributed by atoms with Crippen LogP contribution in [0, 0.1) is 12.8 Å². The zero-order valence-corrected chi connectivity index (χ0v) is 14.6. The summed E-state index contributed by atoms with van der Waals surface area (Å²) in [5.74, 6) is 1.36. The van der Waals surface area contributed by atoms with Crippen molar-refractivity contribution in [1.29, 1.82) is 0 Å². The van der Waals surface area contributed by atoms with Crippen LogP contribution in [0.3, 0.4) is 0 Å². The molecule has 2 atom stereocenters. The average molecular weight is 344 g/mol. The van der Waals surface area contributed by atoms with Crippen LogP contribution in [0.2, 0.25) is 0 Å². The third-order valence-electron chi connectivity index (χ3n) is 4.44. The van der Waals surface area contributed by atoms with Gasteiger partial charge in [0.15, 0.2) is 5.65 Å². The van der Waals surface area contributed by atoms with Gasteiger partial charge in [-0.2, -0.15) is 0 Å². The highest BCUT2D eigenvalue weighted by Crippen LogP contribution is 2.23. The zero-order valence-electron chi connectivity index (χ0n) is 13.8. The van der Waals surface area contributed by atoms with Crippen molar-refractivity contribution < 1.29 is 0 Å². The summed E-state index contributed by atoms with van der Waals surface area (Å²) in [7, 11) is 0. The van der Waals surface area contributed by atoms with Gasteiger partial charge in [0.2, 0.25) is 0 Å². The lowest BCUT2D eigenvalue weighted by atomic mass is 9.94. The van der Waals surface area contributed by atoms with E-state index in [4.69, 9.17) is 0 Å². The minimum absolute atomic E-state index is 0.408. The highest BCUT2D eigenvalue weighted by molar-refractivity contribution is 7.11. The molecule has 0 saturated carbocycles. The number of aromatic nitrogens is 6. The Hall–Kier alpha value is -2.13. The lowest BCUT2D eigenvalue weighted by molar-refractivity contribution is 0.165. The van der Waals surface area contributed by atoms with E-state index in [0.717, 1.165) is 36.9 Å². The van der Waals surface area contributed by atoms with Crippen molar-refractivity contribution in [3.05, 3.63) is 28.2 Å². The average Bonchev–Trinajstić information content (AvgIpc) is 3.18. The molecular formula is C15H20N8S. The number of nitrogens with zero attached hydrogens (tertiary/aromatic N) is 7. The van der Waals surface area contributed by atoms with E-state index in [2.05, 4.69) is 49.7 Å². The fourth-order valence-electron chi connectivity index (χ4n) is 3.21. The van der Waals surface area contributed by atoms with E-state index < -0.39 is 0 Å². The quantitative estimate of drug-likeness (QED) is 0.769. The molecule has 0 spiro atoms. The minimum Gasteiger partial charge on any atom is -0.365 e. The summed E-state index contributed by atoms with van der Waals surface area (Å²) in [4.78, 5) is 8.20. The first-order chi connectivity index (χ1) is 11.7. The molecule has 3 aromatic heterocycles. The van der Waals surface area contributed by atoms with Gasteiger partial charge in [0, 0.05) is 36.8 Å². The van der Waals surface area contributed by atoms with Gasteiger partial charge in [-0.15, -0.1) is 26.2 Å². The van der Waals surface area contributed by atoms with Crippen molar-refractivity contribution in [2.45, 2.75) is 32.9 Å². The standard InChI is InChI=1S/C15H20N8S/c1-10-8-22(9-12-7-16-11(2)24-12)6-5-13(10)17-14-3-4-15-18-20-21-23(15)19-14/h3-4,7,10,13H,5-6,8-9H2,1-2H3,(H,17,19). The van der Waals surface area contributed by atoms with Gasteiger partial charge in [0.25, 0.3) is 0 Å². The predicted octanol–water partition coefficient (Wildman–Crippen LogP) is 1.61. The number of hydrogen-bond acceptors (Lipinski definition) is 8. The van der Waals surface area contributed by atoms with Crippen LogP contribution in [0.5, 0.6) is 0 Å². The number of likely N-dealkylation sites (tertiary alicyclic amines) is 1. The number of nitrogens with one attached hydrogen (secondary N) is 1. The van der Waals surface area contributed by atoms with E-state index >= 15 is 0 Å². The molecule has 9 heteroatoms. The first kappa shape index (κ1) is 15.4. The number of anilines is 1. The lowest BCUT2D eigenvalue weighted by Crippen LogP contribution is -2.44. The molecule has 4 rings (SSSR count). The molecule has 8 nitrogen and oxygen atoms in total. The predicted molar refractivity (Wildman–Crippen MR) is 91.9 cm³/mol. The first-order valence-corrected chi connectivity index (χ1v) is 8.94. The molecule has 0 bridgehead atoms. The number of piperidine rings is 1. The molecule has 1 saturated heterocycles. The fourth-order valence-corrected chi connectivity index (χ4v) is 4.04. The molecule has 0 amide bonds. The molecule has 1 aliphatic heterocycles. The number of thiazole rings is 1. The SMILES string of the molecule is Cc1ncc(CN2CCC(Nc3ccc4nnnn4n3)C(C)C2)s1. The summed E-state index contributed by atoms with van der Waals surface area (Å²) < 4.78 is 1.45. The molecule has 1 N–H and O–H groups in total. The van der Waals surface area contributed by atoms with E-state index in [1.807, 2.05) is 18.3 Å². The Morgan fingerprint density at radius 2 is 2.29 bits per heavy atom. The topological polar surface area (TPSA) is 84.1 Å². The molecule has 1 fully saturated rings. The summed E-state index contributed by atoms with van der Waals surface area (Å²) >= 11 is 1.79. The van der Waals surface area contributed by atoms with Crippen molar-refractivity contribution in [3.63, 3.8) is 0 Å². The second-order valence-corrected chi connectivity index (χ2v) is 7.66. The smallest absolute Gasteiger partial charge is 0.200 e. The largest absolute Gasteiger partial charge is 0.365 e. The Labute approximate surface area is 143 Å². The molecule has 126 valence electrons. The summed E-state index contributed by atoms with van der Waals surface area (Å²) in [6.45, 7) is 7.49. The maximum Gasteiger partial charge on any atom is 0.200 e. The van der Waals surface area contributed by atoms with Crippen LogP contribution in [-0.4, -0.2) is 54.3 Å². The Bertz CT molecular complexity index is 828. The number of hydrogen-bond donors (Lipinski definition) is 1. The van der Waals surface area contributed by atoms with Crippen molar-refractivity contribution in [3.8, 4) is 0 Å². The highest BCUT2D eigenvalue weighted by Gasteiger charge is 2.26. The summed E-state index contributed by atoms with van der Waals surface area (Å²) in [6.07, 6.45) is 3.09. The number of fused-ring (bicyclic) bond motifs is 1. The molecule has 2 unspecified atom stereocenters. The van der Waals surface area contributed by atoms with Gasteiger partial charge >= 0.3 is 0 Å². The van der Waals surface area contributed by atoms with Crippen molar-refractivity contribution in [2.75, 3.05) is 18.4 Å². The van der Waals surface area contributed by atoms with Crippen LogP contribution in [0.1, 0.15) is 23.2 Å². The number of aryl methyl sites for hydroxylation is 1. The van der Waals surface area contributed by atoms with Gasteiger partial charge in [-0.1, -0.05) is 6.92 Å². The second-order valence-electron chi connectivity index (χ2n) is 6.34. The molecule has 0 aliphatic carbocycles. The minimum atomic E-state index is 0.408. The van der Waals surface area contributed by atoms with Crippen LogP contribution < -0.4 is 5.32 Å². The third-order valence-corrected chi connectivity index (χ3v) is 5.34. The van der Waals surface area contributed by atoms with E-state index in [-0.39, 0.29) is 0 Å². The van der Waals surface area contributed by atoms with Crippen molar-refractivity contribution in [2.24, 2.45) is 5.92 Å². The van der Waals surface area contributed by atoms with Crippen LogP contribution in [-0.2, 0) is 6.54 Å².